The van der Waals surface area contributed by atoms with Crippen molar-refractivity contribution in [1.82, 2.24) is 0 Å². The Morgan fingerprint density at radius 1 is 1.00 bits per heavy atom. The summed E-state index contributed by atoms with van der Waals surface area (Å²) in [6.45, 7) is 4.88. The maximum absolute atomic E-state index is 12.9. The summed E-state index contributed by atoms with van der Waals surface area (Å²) in [4.78, 5) is 12.0. The molecule has 0 saturated carbocycles. The minimum absolute atomic E-state index is 0.0558. The van der Waals surface area contributed by atoms with Crippen LogP contribution in [0.5, 0.6) is 0 Å². The standard InChI is InChI=1S/C20H18F6O2.C2H6/c1-13(28-12-18(27)8-14-6-4-2-3-5-7-14)15-9-16(19(21,22)23)11-17(10-15)20(24,25)26;1-2/h2-4,6-7,9-11,13H,5,8,12H2,1H3;1-2H3. The fraction of sp³-hybridized carbons (Fsp3) is 0.409. The Kier molecular flexibility index (Phi) is 9.55. The van der Waals surface area contributed by atoms with Crippen molar-refractivity contribution in [2.45, 2.75) is 52.1 Å². The number of hydrogen-bond donors (Lipinski definition) is 0. The largest absolute Gasteiger partial charge is 0.416 e. The molecule has 0 aliphatic heterocycles. The molecule has 2 nitrogen and oxygen atoms in total. The van der Waals surface area contributed by atoms with Crippen molar-refractivity contribution in [3.8, 4) is 0 Å². The third-order valence-corrected chi connectivity index (χ3v) is 4.05. The molecule has 0 amide bonds. The predicted octanol–water partition coefficient (Wildman–Crippen LogP) is 7.23. The molecule has 0 bridgehead atoms. The first-order chi connectivity index (χ1) is 14.0. The summed E-state index contributed by atoms with van der Waals surface area (Å²) in [5.74, 6) is -0.326. The Labute approximate surface area is 171 Å². The first kappa shape index (κ1) is 25.7. The van der Waals surface area contributed by atoms with Crippen LogP contribution in [0.1, 0.15) is 56.4 Å². The Bertz CT molecular complexity index is 769. The zero-order valence-corrected chi connectivity index (χ0v) is 16.9. The summed E-state index contributed by atoms with van der Waals surface area (Å²) in [5, 5.41) is 0. The van der Waals surface area contributed by atoms with Crippen LogP contribution in [-0.4, -0.2) is 12.4 Å². The van der Waals surface area contributed by atoms with E-state index in [4.69, 9.17) is 4.74 Å². The van der Waals surface area contributed by atoms with E-state index in [2.05, 4.69) is 0 Å². The molecule has 0 heterocycles. The van der Waals surface area contributed by atoms with Gasteiger partial charge in [0.2, 0.25) is 0 Å². The molecule has 1 aliphatic carbocycles. The molecule has 1 aliphatic rings. The van der Waals surface area contributed by atoms with Gasteiger partial charge in [0.25, 0.3) is 0 Å². The molecule has 1 aromatic carbocycles. The molecule has 0 aromatic heterocycles. The quantitative estimate of drug-likeness (QED) is 0.442. The van der Waals surface area contributed by atoms with Gasteiger partial charge in [-0.2, -0.15) is 26.3 Å². The van der Waals surface area contributed by atoms with E-state index in [1.807, 2.05) is 32.1 Å². The molecular formula is C22H24F6O2. The van der Waals surface area contributed by atoms with Crippen LogP contribution < -0.4 is 0 Å². The lowest BCUT2D eigenvalue weighted by Gasteiger charge is -2.18. The fourth-order valence-corrected chi connectivity index (χ4v) is 2.56. The van der Waals surface area contributed by atoms with Gasteiger partial charge in [-0.25, -0.2) is 0 Å². The van der Waals surface area contributed by atoms with E-state index in [1.54, 1.807) is 12.2 Å². The van der Waals surface area contributed by atoms with Crippen molar-refractivity contribution in [3.05, 3.63) is 70.8 Å². The van der Waals surface area contributed by atoms with Gasteiger partial charge in [-0.3, -0.25) is 4.79 Å². The average molecular weight is 434 g/mol. The van der Waals surface area contributed by atoms with Crippen LogP contribution in [0.15, 0.2) is 54.2 Å². The van der Waals surface area contributed by atoms with Crippen LogP contribution in [0.3, 0.4) is 0 Å². The van der Waals surface area contributed by atoms with Crippen molar-refractivity contribution in [3.63, 3.8) is 0 Å². The summed E-state index contributed by atoms with van der Waals surface area (Å²) in [7, 11) is 0. The van der Waals surface area contributed by atoms with Gasteiger partial charge in [-0.1, -0.05) is 44.2 Å². The highest BCUT2D eigenvalue weighted by Gasteiger charge is 2.37. The Balaban J connectivity index is 0.00000218. The van der Waals surface area contributed by atoms with E-state index in [9.17, 15) is 31.1 Å². The number of benzene rings is 1. The highest BCUT2D eigenvalue weighted by atomic mass is 19.4. The van der Waals surface area contributed by atoms with Crippen LogP contribution >= 0.6 is 0 Å². The second-order valence-electron chi connectivity index (χ2n) is 6.31. The van der Waals surface area contributed by atoms with E-state index < -0.39 is 36.2 Å². The van der Waals surface area contributed by atoms with Gasteiger partial charge in [0.1, 0.15) is 6.61 Å². The number of Topliss-reactive ketones (excluding diaryl/α,β-unsaturated/α-hetero) is 1. The first-order valence-corrected chi connectivity index (χ1v) is 9.41. The van der Waals surface area contributed by atoms with E-state index in [0.717, 1.165) is 5.57 Å². The summed E-state index contributed by atoms with van der Waals surface area (Å²) < 4.78 is 82.8. The number of hydrogen-bond acceptors (Lipinski definition) is 2. The van der Waals surface area contributed by atoms with E-state index >= 15 is 0 Å². The van der Waals surface area contributed by atoms with Gasteiger partial charge in [0.15, 0.2) is 5.78 Å². The predicted molar refractivity (Wildman–Crippen MR) is 103 cm³/mol. The third kappa shape index (κ3) is 8.18. The topological polar surface area (TPSA) is 26.3 Å². The lowest BCUT2D eigenvalue weighted by molar-refractivity contribution is -0.143. The van der Waals surface area contributed by atoms with Gasteiger partial charge >= 0.3 is 12.4 Å². The van der Waals surface area contributed by atoms with Crippen LogP contribution in [0.2, 0.25) is 0 Å². The van der Waals surface area contributed by atoms with E-state index in [-0.39, 0.29) is 23.8 Å². The summed E-state index contributed by atoms with van der Waals surface area (Å²) in [6, 6.07) is 1.26. The number of ether oxygens (including phenoxy) is 1. The molecule has 8 heteroatoms. The average Bonchev–Trinajstić information content (AvgIpc) is 2.94. The van der Waals surface area contributed by atoms with Gasteiger partial charge in [-0.05, 0) is 42.7 Å². The number of allylic oxidation sites excluding steroid dienone is 6. The first-order valence-electron chi connectivity index (χ1n) is 9.41. The molecule has 1 atom stereocenters. The maximum Gasteiger partial charge on any atom is 0.416 e. The molecule has 0 radical (unpaired) electrons. The van der Waals surface area contributed by atoms with Crippen LogP contribution in [0, 0.1) is 0 Å². The molecule has 166 valence electrons. The third-order valence-electron chi connectivity index (χ3n) is 4.05. The van der Waals surface area contributed by atoms with Gasteiger partial charge in [0.05, 0.1) is 17.2 Å². The Morgan fingerprint density at radius 2 is 1.57 bits per heavy atom. The zero-order valence-electron chi connectivity index (χ0n) is 16.9. The zero-order chi connectivity index (χ0) is 22.9. The highest BCUT2D eigenvalue weighted by Crippen LogP contribution is 2.37. The van der Waals surface area contributed by atoms with Crippen molar-refractivity contribution in [2.75, 3.05) is 6.61 Å². The van der Waals surface area contributed by atoms with Crippen LogP contribution in [0.25, 0.3) is 0 Å². The molecule has 0 fully saturated rings. The second-order valence-corrected chi connectivity index (χ2v) is 6.31. The Morgan fingerprint density at radius 3 is 2.10 bits per heavy atom. The number of ketones is 1. The number of rotatable bonds is 6. The molecule has 30 heavy (non-hydrogen) atoms. The molecule has 0 saturated heterocycles. The molecule has 0 spiro atoms. The van der Waals surface area contributed by atoms with Crippen LogP contribution in [0.4, 0.5) is 26.3 Å². The summed E-state index contributed by atoms with van der Waals surface area (Å²) >= 11 is 0. The number of carbonyl (C=O) groups excluding carboxylic acids is 1. The monoisotopic (exact) mass is 434 g/mol. The van der Waals surface area contributed by atoms with Crippen molar-refractivity contribution in [2.24, 2.45) is 0 Å². The van der Waals surface area contributed by atoms with Crippen molar-refractivity contribution < 1.29 is 35.9 Å². The minimum Gasteiger partial charge on any atom is -0.366 e. The lowest BCUT2D eigenvalue weighted by Crippen LogP contribution is -2.15. The molecule has 1 unspecified atom stereocenters. The van der Waals surface area contributed by atoms with E-state index in [1.165, 1.54) is 6.92 Å². The van der Waals surface area contributed by atoms with Crippen molar-refractivity contribution >= 4 is 5.78 Å². The number of carbonyl (C=O) groups is 1. The maximum atomic E-state index is 12.9. The molecule has 1 aromatic rings. The Hall–Kier alpha value is -2.35. The second kappa shape index (κ2) is 11.2. The number of alkyl halides is 6. The van der Waals surface area contributed by atoms with E-state index in [0.29, 0.717) is 18.6 Å². The van der Waals surface area contributed by atoms with Gasteiger partial charge < -0.3 is 4.74 Å². The van der Waals surface area contributed by atoms with Gasteiger partial charge in [-0.15, -0.1) is 0 Å². The van der Waals surface area contributed by atoms with Crippen LogP contribution in [-0.2, 0) is 21.9 Å². The SMILES string of the molecule is CC.CC(OCC(=O)CC1=CCC=CC=C1)c1cc(C(F)(F)F)cc(C(F)(F)F)c1. The summed E-state index contributed by atoms with van der Waals surface area (Å²) in [5.41, 5.74) is -2.36. The minimum atomic E-state index is -4.93. The normalized spacial score (nSPS) is 15.0. The van der Waals surface area contributed by atoms with Gasteiger partial charge in [0, 0.05) is 6.42 Å². The smallest absolute Gasteiger partial charge is 0.366 e. The van der Waals surface area contributed by atoms with Crippen molar-refractivity contribution in [1.29, 1.82) is 0 Å². The molecule has 0 N–H and O–H groups in total. The lowest BCUT2D eigenvalue weighted by atomic mass is 10.0. The molecular weight excluding hydrogens is 410 g/mol. The number of halogens is 6. The molecule has 2 rings (SSSR count). The summed E-state index contributed by atoms with van der Waals surface area (Å²) in [6.07, 6.45) is -1.13. The highest BCUT2D eigenvalue weighted by molar-refractivity contribution is 5.82. The fourth-order valence-electron chi connectivity index (χ4n) is 2.56.